The predicted molar refractivity (Wildman–Crippen MR) is 111 cm³/mol. The largest absolute Gasteiger partial charge is 0.486 e. The highest BCUT2D eigenvalue weighted by atomic mass is 32.2. The Morgan fingerprint density at radius 3 is 2.46 bits per heavy atom. The summed E-state index contributed by atoms with van der Waals surface area (Å²) in [7, 11) is 0. The number of ether oxygens (including phenoxy) is 2. The van der Waals surface area contributed by atoms with Gasteiger partial charge < -0.3 is 14.4 Å². The summed E-state index contributed by atoms with van der Waals surface area (Å²) in [6.07, 6.45) is 0. The number of carbonyl (C=O) groups excluding carboxylic acids is 1. The Balaban J connectivity index is 1.29. The van der Waals surface area contributed by atoms with Crippen molar-refractivity contribution in [2.45, 2.75) is 23.6 Å². The van der Waals surface area contributed by atoms with Gasteiger partial charge in [-0.1, -0.05) is 30.3 Å². The number of nitrogens with zero attached hydrogens (tertiary/aromatic N) is 2. The highest BCUT2D eigenvalue weighted by molar-refractivity contribution is 8.00. The second-order valence-electron chi connectivity index (χ2n) is 7.15. The number of fused-ring (bicyclic) bond motifs is 1. The van der Waals surface area contributed by atoms with E-state index >= 15 is 0 Å². The smallest absolute Gasteiger partial charge is 0.235 e. The maximum Gasteiger partial charge on any atom is 0.235 e. The van der Waals surface area contributed by atoms with Crippen molar-refractivity contribution in [1.29, 1.82) is 0 Å². The number of piperazine rings is 1. The van der Waals surface area contributed by atoms with Gasteiger partial charge in [0.15, 0.2) is 11.5 Å². The summed E-state index contributed by atoms with van der Waals surface area (Å²) in [5.41, 5.74) is 1.32. The zero-order valence-corrected chi connectivity index (χ0v) is 17.0. The Morgan fingerprint density at radius 1 is 1.00 bits per heavy atom. The summed E-state index contributed by atoms with van der Waals surface area (Å²) >= 11 is 1.58. The van der Waals surface area contributed by atoms with Crippen molar-refractivity contribution in [3.63, 3.8) is 0 Å². The lowest BCUT2D eigenvalue weighted by Crippen LogP contribution is -2.50. The van der Waals surface area contributed by atoms with Gasteiger partial charge in [0, 0.05) is 37.6 Å². The lowest BCUT2D eigenvalue weighted by Gasteiger charge is -2.36. The molecule has 5 nitrogen and oxygen atoms in total. The van der Waals surface area contributed by atoms with Gasteiger partial charge in [0.1, 0.15) is 13.2 Å². The summed E-state index contributed by atoms with van der Waals surface area (Å²) in [4.78, 5) is 18.3. The monoisotopic (exact) mass is 398 g/mol. The zero-order valence-electron chi connectivity index (χ0n) is 16.2. The number of hydrogen-bond donors (Lipinski definition) is 0. The van der Waals surface area contributed by atoms with Crippen molar-refractivity contribution in [1.82, 2.24) is 9.80 Å². The van der Waals surface area contributed by atoms with Crippen molar-refractivity contribution in [2.24, 2.45) is 0 Å². The summed E-state index contributed by atoms with van der Waals surface area (Å²) in [5, 5.41) is -0.122. The maximum atomic E-state index is 12.9. The number of thioether (sulfide) groups is 1. The first kappa shape index (κ1) is 19.2. The van der Waals surface area contributed by atoms with Crippen LogP contribution < -0.4 is 9.47 Å². The van der Waals surface area contributed by atoms with Gasteiger partial charge in [0.2, 0.25) is 5.91 Å². The fourth-order valence-electron chi connectivity index (χ4n) is 3.58. The van der Waals surface area contributed by atoms with E-state index in [1.54, 1.807) is 11.8 Å². The molecule has 4 rings (SSSR count). The Hall–Kier alpha value is -2.18. The molecule has 0 aliphatic carbocycles. The van der Waals surface area contributed by atoms with Crippen LogP contribution in [0.3, 0.4) is 0 Å². The van der Waals surface area contributed by atoms with E-state index in [1.165, 1.54) is 5.56 Å². The zero-order chi connectivity index (χ0) is 19.3. The fraction of sp³-hybridized carbons (Fsp3) is 0.409. The van der Waals surface area contributed by atoms with Crippen molar-refractivity contribution < 1.29 is 14.3 Å². The van der Waals surface area contributed by atoms with Gasteiger partial charge >= 0.3 is 0 Å². The summed E-state index contributed by atoms with van der Waals surface area (Å²) in [6, 6.07) is 16.4. The van der Waals surface area contributed by atoms with Crippen LogP contribution in [0.1, 0.15) is 12.5 Å². The molecule has 1 amide bonds. The number of amides is 1. The van der Waals surface area contributed by atoms with E-state index < -0.39 is 0 Å². The third kappa shape index (κ3) is 4.62. The molecule has 1 atom stereocenters. The molecule has 0 spiro atoms. The summed E-state index contributed by atoms with van der Waals surface area (Å²) < 4.78 is 11.2. The second kappa shape index (κ2) is 8.88. The molecule has 1 saturated heterocycles. The molecule has 148 valence electrons. The standard InChI is InChI=1S/C22H26N2O3S/c1-17(28-19-7-8-20-21(15-19)27-14-13-26-20)22(25)24-11-9-23(10-12-24)16-18-5-3-2-4-6-18/h2-8,15,17H,9-14,16H2,1H3/t17-/m0/s1. The number of hydrogen-bond acceptors (Lipinski definition) is 5. The van der Waals surface area contributed by atoms with E-state index in [4.69, 9.17) is 9.47 Å². The minimum absolute atomic E-state index is 0.122. The predicted octanol–water partition coefficient (Wildman–Crippen LogP) is 3.28. The van der Waals surface area contributed by atoms with Crippen LogP contribution in [-0.4, -0.2) is 60.3 Å². The van der Waals surface area contributed by atoms with E-state index in [9.17, 15) is 4.79 Å². The minimum Gasteiger partial charge on any atom is -0.486 e. The first-order valence-electron chi connectivity index (χ1n) is 9.80. The van der Waals surface area contributed by atoms with Crippen LogP contribution in [0.25, 0.3) is 0 Å². The molecule has 0 bridgehead atoms. The molecule has 0 saturated carbocycles. The van der Waals surface area contributed by atoms with Crippen LogP contribution in [0.5, 0.6) is 11.5 Å². The number of carbonyl (C=O) groups is 1. The first-order chi connectivity index (χ1) is 13.7. The third-order valence-electron chi connectivity index (χ3n) is 5.11. The average molecular weight is 399 g/mol. The molecule has 2 aliphatic heterocycles. The summed E-state index contributed by atoms with van der Waals surface area (Å²) in [6.45, 7) is 7.51. The molecule has 1 fully saturated rings. The molecular formula is C22H26N2O3S. The topological polar surface area (TPSA) is 42.0 Å². The number of benzene rings is 2. The van der Waals surface area contributed by atoms with Gasteiger partial charge in [-0.05, 0) is 30.7 Å². The lowest BCUT2D eigenvalue weighted by molar-refractivity contribution is -0.132. The molecule has 2 aliphatic rings. The van der Waals surface area contributed by atoms with E-state index in [-0.39, 0.29) is 11.2 Å². The highest BCUT2D eigenvalue weighted by Gasteiger charge is 2.26. The van der Waals surface area contributed by atoms with Gasteiger partial charge in [0.05, 0.1) is 5.25 Å². The molecule has 28 heavy (non-hydrogen) atoms. The molecule has 0 N–H and O–H groups in total. The number of rotatable bonds is 5. The highest BCUT2D eigenvalue weighted by Crippen LogP contribution is 2.35. The van der Waals surface area contributed by atoms with E-state index in [0.29, 0.717) is 13.2 Å². The molecule has 0 unspecified atom stereocenters. The lowest BCUT2D eigenvalue weighted by atomic mass is 10.2. The van der Waals surface area contributed by atoms with Gasteiger partial charge in [-0.3, -0.25) is 9.69 Å². The minimum atomic E-state index is -0.122. The fourth-order valence-corrected chi connectivity index (χ4v) is 4.56. The van der Waals surface area contributed by atoms with Crippen LogP contribution in [-0.2, 0) is 11.3 Å². The first-order valence-corrected chi connectivity index (χ1v) is 10.7. The van der Waals surface area contributed by atoms with Crippen LogP contribution in [0.4, 0.5) is 0 Å². The molecule has 0 aromatic heterocycles. The average Bonchev–Trinajstić information content (AvgIpc) is 2.74. The van der Waals surface area contributed by atoms with Crippen LogP contribution in [0.2, 0.25) is 0 Å². The molecule has 2 heterocycles. The Kier molecular flexibility index (Phi) is 6.07. The SMILES string of the molecule is C[C@H](Sc1ccc2c(c1)OCCO2)C(=O)N1CCN(Cc2ccccc2)CC1. The van der Waals surface area contributed by atoms with Crippen LogP contribution in [0.15, 0.2) is 53.4 Å². The maximum absolute atomic E-state index is 12.9. The second-order valence-corrected chi connectivity index (χ2v) is 8.57. The van der Waals surface area contributed by atoms with Crippen molar-refractivity contribution in [3.05, 3.63) is 54.1 Å². The quantitative estimate of drug-likeness (QED) is 0.723. The van der Waals surface area contributed by atoms with Gasteiger partial charge in [-0.25, -0.2) is 0 Å². The van der Waals surface area contributed by atoms with E-state index in [1.807, 2.05) is 36.1 Å². The Morgan fingerprint density at radius 2 is 1.71 bits per heavy atom. The van der Waals surface area contributed by atoms with Crippen molar-refractivity contribution in [3.8, 4) is 11.5 Å². The molecule has 2 aromatic rings. The normalized spacial score (nSPS) is 18.0. The van der Waals surface area contributed by atoms with Crippen LogP contribution in [0, 0.1) is 0 Å². The molecular weight excluding hydrogens is 372 g/mol. The van der Waals surface area contributed by atoms with Crippen molar-refractivity contribution in [2.75, 3.05) is 39.4 Å². The molecule has 0 radical (unpaired) electrons. The van der Waals surface area contributed by atoms with Crippen LogP contribution >= 0.6 is 11.8 Å². The Bertz CT molecular complexity index is 807. The van der Waals surface area contributed by atoms with E-state index in [2.05, 4.69) is 29.2 Å². The van der Waals surface area contributed by atoms with Crippen molar-refractivity contribution >= 4 is 17.7 Å². The van der Waals surface area contributed by atoms with E-state index in [0.717, 1.165) is 49.1 Å². The third-order valence-corrected chi connectivity index (χ3v) is 6.19. The molecule has 2 aromatic carbocycles. The molecule has 6 heteroatoms. The summed E-state index contributed by atoms with van der Waals surface area (Å²) in [5.74, 6) is 1.76. The van der Waals surface area contributed by atoms with Gasteiger partial charge in [0.25, 0.3) is 0 Å². The van der Waals surface area contributed by atoms with Gasteiger partial charge in [-0.2, -0.15) is 0 Å². The van der Waals surface area contributed by atoms with Gasteiger partial charge in [-0.15, -0.1) is 11.8 Å². The Labute approximate surface area is 170 Å².